The molecular formula is C18H24O2. The van der Waals surface area contributed by atoms with E-state index in [1.54, 1.807) is 0 Å². The van der Waals surface area contributed by atoms with Crippen molar-refractivity contribution < 1.29 is 10.2 Å². The van der Waals surface area contributed by atoms with Crippen molar-refractivity contribution in [3.05, 3.63) is 35.4 Å². The summed E-state index contributed by atoms with van der Waals surface area (Å²) in [6.45, 7) is 2.20. The van der Waals surface area contributed by atoms with Crippen LogP contribution in [-0.4, -0.2) is 22.4 Å². The van der Waals surface area contributed by atoms with Crippen LogP contribution in [0.4, 0.5) is 0 Å². The third kappa shape index (κ3) is 1.58. The molecule has 0 bridgehead atoms. The smallest absolute Gasteiger partial charge is 0.0617 e. The normalized spacial score (nSPS) is 46.5. The van der Waals surface area contributed by atoms with Gasteiger partial charge in [-0.2, -0.15) is 0 Å². The van der Waals surface area contributed by atoms with Gasteiger partial charge in [0.05, 0.1) is 12.2 Å². The van der Waals surface area contributed by atoms with Crippen LogP contribution in [0.5, 0.6) is 0 Å². The summed E-state index contributed by atoms with van der Waals surface area (Å²) in [5, 5.41) is 21.1. The molecule has 0 spiro atoms. The topological polar surface area (TPSA) is 40.5 Å². The second-order valence-corrected chi connectivity index (χ2v) is 7.40. The summed E-state index contributed by atoms with van der Waals surface area (Å²) in [5.74, 6) is 1.43. The minimum atomic E-state index is -0.296. The molecule has 2 nitrogen and oxygen atoms in total. The quantitative estimate of drug-likeness (QED) is 0.762. The predicted octanol–water partition coefficient (Wildman–Crippen LogP) is 2.87. The molecule has 1 aromatic rings. The molecule has 1 aromatic carbocycles. The fourth-order valence-electron chi connectivity index (χ4n) is 5.58. The van der Waals surface area contributed by atoms with Gasteiger partial charge in [0.1, 0.15) is 0 Å². The van der Waals surface area contributed by atoms with Gasteiger partial charge < -0.3 is 10.2 Å². The summed E-state index contributed by atoms with van der Waals surface area (Å²) < 4.78 is 0. The van der Waals surface area contributed by atoms with Gasteiger partial charge in [0.15, 0.2) is 0 Å². The van der Waals surface area contributed by atoms with Crippen LogP contribution >= 0.6 is 0 Å². The van der Waals surface area contributed by atoms with Crippen molar-refractivity contribution in [1.82, 2.24) is 0 Å². The largest absolute Gasteiger partial charge is 0.393 e. The molecule has 0 aromatic heterocycles. The highest BCUT2D eigenvalue weighted by atomic mass is 16.3. The Bertz CT molecular complexity index is 526. The highest BCUT2D eigenvalue weighted by Gasteiger charge is 2.57. The summed E-state index contributed by atoms with van der Waals surface area (Å²) in [6, 6.07) is 8.64. The van der Waals surface area contributed by atoms with Crippen molar-refractivity contribution in [2.45, 2.75) is 57.2 Å². The molecule has 108 valence electrons. The molecular weight excluding hydrogens is 248 g/mol. The number of hydrogen-bond acceptors (Lipinski definition) is 2. The van der Waals surface area contributed by atoms with Gasteiger partial charge in [-0.1, -0.05) is 31.2 Å². The lowest BCUT2D eigenvalue weighted by Crippen LogP contribution is -2.50. The molecule has 0 aliphatic heterocycles. The van der Waals surface area contributed by atoms with Crippen molar-refractivity contribution in [3.63, 3.8) is 0 Å². The zero-order chi connectivity index (χ0) is 13.9. The second kappa shape index (κ2) is 4.32. The number of fused-ring (bicyclic) bond motifs is 5. The molecule has 2 fully saturated rings. The summed E-state index contributed by atoms with van der Waals surface area (Å²) in [5.41, 5.74) is 2.74. The molecule has 0 amide bonds. The number of aliphatic hydroxyl groups excluding tert-OH is 2. The van der Waals surface area contributed by atoms with E-state index in [-0.39, 0.29) is 17.6 Å². The highest BCUT2D eigenvalue weighted by Crippen LogP contribution is 2.60. The first kappa shape index (κ1) is 12.8. The molecule has 6 atom stereocenters. The maximum absolute atomic E-state index is 10.8. The van der Waals surface area contributed by atoms with E-state index in [1.807, 2.05) is 0 Å². The number of hydrogen-bond donors (Lipinski definition) is 2. The summed E-state index contributed by atoms with van der Waals surface area (Å²) in [4.78, 5) is 0. The summed E-state index contributed by atoms with van der Waals surface area (Å²) in [6.07, 6.45) is 4.59. The number of aliphatic hydroxyl groups is 2. The van der Waals surface area contributed by atoms with Gasteiger partial charge in [-0.25, -0.2) is 0 Å². The van der Waals surface area contributed by atoms with E-state index in [4.69, 9.17) is 0 Å². The first-order chi connectivity index (χ1) is 9.61. The maximum Gasteiger partial charge on any atom is 0.0617 e. The van der Waals surface area contributed by atoms with E-state index in [0.717, 1.165) is 25.7 Å². The molecule has 2 N–H and O–H groups in total. The minimum Gasteiger partial charge on any atom is -0.393 e. The van der Waals surface area contributed by atoms with Gasteiger partial charge in [0.25, 0.3) is 0 Å². The molecule has 0 heterocycles. The van der Waals surface area contributed by atoms with Gasteiger partial charge in [-0.3, -0.25) is 0 Å². The molecule has 0 saturated heterocycles. The molecule has 2 saturated carbocycles. The van der Waals surface area contributed by atoms with Crippen LogP contribution in [0.15, 0.2) is 24.3 Å². The first-order valence-corrected chi connectivity index (χ1v) is 8.05. The Morgan fingerprint density at radius 1 is 1.10 bits per heavy atom. The second-order valence-electron chi connectivity index (χ2n) is 7.40. The van der Waals surface area contributed by atoms with Crippen LogP contribution in [0.25, 0.3) is 0 Å². The Kier molecular flexibility index (Phi) is 2.77. The SMILES string of the molecule is C[C@]12C[C@H](O)[C@@H]3c4ccccc4CC[C@H]3[C@@H]1CC[C@@H]2O. The summed E-state index contributed by atoms with van der Waals surface area (Å²) >= 11 is 0. The molecule has 20 heavy (non-hydrogen) atoms. The van der Waals surface area contributed by atoms with Gasteiger partial charge >= 0.3 is 0 Å². The van der Waals surface area contributed by atoms with Crippen LogP contribution in [0.3, 0.4) is 0 Å². The number of rotatable bonds is 0. The highest BCUT2D eigenvalue weighted by molar-refractivity contribution is 5.36. The standard InChI is InChI=1S/C18H24O2/c1-18-10-15(19)17-12-5-3-2-4-11(12)6-7-13(17)14(18)8-9-16(18)20/h2-5,13-17,19-20H,6-10H2,1H3/t13-,14-,15-,16-,17+,18-/m0/s1. The average Bonchev–Trinajstić information content (AvgIpc) is 2.74. The van der Waals surface area contributed by atoms with E-state index in [9.17, 15) is 10.2 Å². The maximum atomic E-state index is 10.8. The predicted molar refractivity (Wildman–Crippen MR) is 78.5 cm³/mol. The van der Waals surface area contributed by atoms with Crippen molar-refractivity contribution in [2.75, 3.05) is 0 Å². The Balaban J connectivity index is 1.77. The average molecular weight is 272 g/mol. The first-order valence-electron chi connectivity index (χ1n) is 8.05. The van der Waals surface area contributed by atoms with Crippen molar-refractivity contribution in [2.24, 2.45) is 17.3 Å². The van der Waals surface area contributed by atoms with Gasteiger partial charge in [0, 0.05) is 5.92 Å². The lowest BCUT2D eigenvalue weighted by Gasteiger charge is -2.52. The van der Waals surface area contributed by atoms with Crippen LogP contribution in [-0.2, 0) is 6.42 Å². The van der Waals surface area contributed by atoms with Gasteiger partial charge in [-0.05, 0) is 60.5 Å². The zero-order valence-electron chi connectivity index (χ0n) is 12.1. The molecule has 3 aliphatic rings. The fourth-order valence-corrected chi connectivity index (χ4v) is 5.58. The number of aryl methyl sites for hydroxylation is 1. The lowest BCUT2D eigenvalue weighted by molar-refractivity contribution is -0.0798. The van der Waals surface area contributed by atoms with E-state index in [1.165, 1.54) is 17.5 Å². The lowest BCUT2D eigenvalue weighted by atomic mass is 9.54. The van der Waals surface area contributed by atoms with E-state index in [2.05, 4.69) is 31.2 Å². The minimum absolute atomic E-state index is 0.0626. The van der Waals surface area contributed by atoms with E-state index < -0.39 is 0 Å². The van der Waals surface area contributed by atoms with Crippen molar-refractivity contribution in [1.29, 1.82) is 0 Å². The van der Waals surface area contributed by atoms with E-state index >= 15 is 0 Å². The van der Waals surface area contributed by atoms with Crippen LogP contribution in [0, 0.1) is 17.3 Å². The zero-order valence-corrected chi connectivity index (χ0v) is 12.1. The Morgan fingerprint density at radius 3 is 2.75 bits per heavy atom. The monoisotopic (exact) mass is 272 g/mol. The molecule has 0 radical (unpaired) electrons. The summed E-state index contributed by atoms with van der Waals surface area (Å²) in [7, 11) is 0. The van der Waals surface area contributed by atoms with Crippen molar-refractivity contribution in [3.8, 4) is 0 Å². The van der Waals surface area contributed by atoms with Crippen molar-refractivity contribution >= 4 is 0 Å². The Labute approximate surface area is 120 Å². The molecule has 3 aliphatic carbocycles. The molecule has 0 unspecified atom stereocenters. The van der Waals surface area contributed by atoms with Crippen LogP contribution < -0.4 is 0 Å². The Hall–Kier alpha value is -0.860. The van der Waals surface area contributed by atoms with E-state index in [0.29, 0.717) is 17.8 Å². The van der Waals surface area contributed by atoms with Crippen LogP contribution in [0.2, 0.25) is 0 Å². The molecule has 4 rings (SSSR count). The number of benzene rings is 1. The molecule has 2 heteroatoms. The third-order valence-electron chi connectivity index (χ3n) is 6.56. The van der Waals surface area contributed by atoms with Crippen LogP contribution in [0.1, 0.15) is 49.7 Å². The van der Waals surface area contributed by atoms with Gasteiger partial charge in [0.2, 0.25) is 0 Å². The fraction of sp³-hybridized carbons (Fsp3) is 0.667. The third-order valence-corrected chi connectivity index (χ3v) is 6.56. The van der Waals surface area contributed by atoms with Gasteiger partial charge in [-0.15, -0.1) is 0 Å². The Morgan fingerprint density at radius 2 is 1.90 bits per heavy atom.